The molecule has 1 aliphatic rings. The van der Waals surface area contributed by atoms with Crippen LogP contribution in [0.3, 0.4) is 0 Å². The first-order chi connectivity index (χ1) is 11.5. The van der Waals surface area contributed by atoms with Crippen LogP contribution in [0.25, 0.3) is 0 Å². The molecule has 0 fully saturated rings. The number of benzene rings is 2. The number of hydrogen-bond donors (Lipinski definition) is 2. The summed E-state index contributed by atoms with van der Waals surface area (Å²) in [6.45, 7) is 3.89. The van der Waals surface area contributed by atoms with Gasteiger partial charge in [0.15, 0.2) is 0 Å². The number of carbonyl (C=O) groups excluding carboxylic acids is 2. The third-order valence-corrected chi connectivity index (χ3v) is 4.13. The maximum atomic E-state index is 12.4. The van der Waals surface area contributed by atoms with Crippen molar-refractivity contribution in [1.29, 1.82) is 0 Å². The van der Waals surface area contributed by atoms with E-state index in [9.17, 15) is 9.59 Å². The van der Waals surface area contributed by atoms with E-state index in [1.54, 1.807) is 18.2 Å². The van der Waals surface area contributed by atoms with Crippen LogP contribution in [0, 0.1) is 0 Å². The second-order valence-corrected chi connectivity index (χ2v) is 6.12. The molecule has 24 heavy (non-hydrogen) atoms. The Morgan fingerprint density at radius 3 is 2.54 bits per heavy atom. The molecule has 0 radical (unpaired) electrons. The van der Waals surface area contributed by atoms with E-state index in [0.717, 1.165) is 12.1 Å². The van der Waals surface area contributed by atoms with Gasteiger partial charge in [0.25, 0.3) is 0 Å². The molecule has 2 aromatic rings. The SMILES string of the molecule is CC(=O)Nc1cccc(NC(=O)CN2c3ccccc3CC2C)c1. The molecule has 5 nitrogen and oxygen atoms in total. The minimum absolute atomic E-state index is 0.0708. The van der Waals surface area contributed by atoms with Crippen LogP contribution in [0.15, 0.2) is 48.5 Å². The molecular weight excluding hydrogens is 302 g/mol. The Hall–Kier alpha value is -2.82. The first-order valence-electron chi connectivity index (χ1n) is 8.05. The third-order valence-electron chi connectivity index (χ3n) is 4.13. The van der Waals surface area contributed by atoms with Crippen LogP contribution < -0.4 is 15.5 Å². The number of amides is 2. The van der Waals surface area contributed by atoms with Gasteiger partial charge in [-0.15, -0.1) is 0 Å². The predicted octanol–water partition coefficient (Wildman–Crippen LogP) is 3.03. The van der Waals surface area contributed by atoms with E-state index in [4.69, 9.17) is 0 Å². The molecule has 0 saturated heterocycles. The van der Waals surface area contributed by atoms with Crippen molar-refractivity contribution in [2.75, 3.05) is 22.1 Å². The monoisotopic (exact) mass is 323 g/mol. The molecule has 1 heterocycles. The van der Waals surface area contributed by atoms with Crippen LogP contribution in [0.1, 0.15) is 19.4 Å². The Labute approximate surface area is 141 Å². The van der Waals surface area contributed by atoms with Crippen molar-refractivity contribution in [2.24, 2.45) is 0 Å². The summed E-state index contributed by atoms with van der Waals surface area (Å²) in [4.78, 5) is 25.7. The van der Waals surface area contributed by atoms with Gasteiger partial charge < -0.3 is 15.5 Å². The molecule has 1 unspecified atom stereocenters. The van der Waals surface area contributed by atoms with Crippen LogP contribution in [0.2, 0.25) is 0 Å². The maximum Gasteiger partial charge on any atom is 0.243 e. The molecule has 0 saturated carbocycles. The van der Waals surface area contributed by atoms with Crippen LogP contribution in [-0.2, 0) is 16.0 Å². The third kappa shape index (κ3) is 3.56. The second kappa shape index (κ2) is 6.74. The summed E-state index contributed by atoms with van der Waals surface area (Å²) in [5.74, 6) is -0.209. The molecule has 2 aromatic carbocycles. The Balaban J connectivity index is 1.67. The average Bonchev–Trinajstić information content (AvgIpc) is 2.83. The van der Waals surface area contributed by atoms with Crippen LogP contribution in [0.4, 0.5) is 17.1 Å². The standard InChI is InChI=1S/C19H21N3O2/c1-13-10-15-6-3-4-9-18(15)22(13)12-19(24)21-17-8-5-7-16(11-17)20-14(2)23/h3-9,11,13H,10,12H2,1-2H3,(H,20,23)(H,21,24). The Morgan fingerprint density at radius 1 is 1.08 bits per heavy atom. The van der Waals surface area contributed by atoms with Crippen molar-refractivity contribution >= 4 is 28.9 Å². The molecule has 0 aliphatic carbocycles. The van der Waals surface area contributed by atoms with E-state index in [2.05, 4.69) is 34.6 Å². The summed E-state index contributed by atoms with van der Waals surface area (Å²) in [6.07, 6.45) is 0.960. The topological polar surface area (TPSA) is 61.4 Å². The average molecular weight is 323 g/mol. The van der Waals surface area contributed by atoms with Gasteiger partial charge in [-0.05, 0) is 43.2 Å². The lowest BCUT2D eigenvalue weighted by Gasteiger charge is -2.24. The highest BCUT2D eigenvalue weighted by molar-refractivity contribution is 5.96. The molecule has 2 N–H and O–H groups in total. The van der Waals surface area contributed by atoms with E-state index in [1.165, 1.54) is 12.5 Å². The van der Waals surface area contributed by atoms with Crippen molar-refractivity contribution in [2.45, 2.75) is 26.3 Å². The lowest BCUT2D eigenvalue weighted by molar-refractivity contribution is -0.115. The minimum Gasteiger partial charge on any atom is -0.359 e. The molecule has 5 heteroatoms. The number of anilines is 3. The van der Waals surface area contributed by atoms with E-state index < -0.39 is 0 Å². The second-order valence-electron chi connectivity index (χ2n) is 6.12. The van der Waals surface area contributed by atoms with Crippen molar-refractivity contribution in [1.82, 2.24) is 0 Å². The van der Waals surface area contributed by atoms with Crippen LogP contribution in [-0.4, -0.2) is 24.4 Å². The highest BCUT2D eigenvalue weighted by Gasteiger charge is 2.26. The number of rotatable bonds is 4. The van der Waals surface area contributed by atoms with E-state index >= 15 is 0 Å². The van der Waals surface area contributed by atoms with Crippen molar-refractivity contribution in [3.8, 4) is 0 Å². The van der Waals surface area contributed by atoms with Gasteiger partial charge in [0.2, 0.25) is 11.8 Å². The summed E-state index contributed by atoms with van der Waals surface area (Å²) in [6, 6.07) is 15.7. The van der Waals surface area contributed by atoms with Gasteiger partial charge in [-0.2, -0.15) is 0 Å². The number of hydrogen-bond acceptors (Lipinski definition) is 3. The van der Waals surface area contributed by atoms with Gasteiger partial charge in [0.05, 0.1) is 6.54 Å². The lowest BCUT2D eigenvalue weighted by Crippen LogP contribution is -2.37. The molecule has 1 aliphatic heterocycles. The van der Waals surface area contributed by atoms with Gasteiger partial charge in [-0.1, -0.05) is 24.3 Å². The first-order valence-corrected chi connectivity index (χ1v) is 8.05. The van der Waals surface area contributed by atoms with Gasteiger partial charge in [0, 0.05) is 30.0 Å². The van der Waals surface area contributed by atoms with E-state index in [-0.39, 0.29) is 11.8 Å². The number of nitrogens with one attached hydrogen (secondary N) is 2. The smallest absolute Gasteiger partial charge is 0.243 e. The largest absolute Gasteiger partial charge is 0.359 e. The first kappa shape index (κ1) is 16.1. The molecule has 3 rings (SSSR count). The molecule has 2 amide bonds. The van der Waals surface area contributed by atoms with Crippen LogP contribution >= 0.6 is 0 Å². The van der Waals surface area contributed by atoms with Crippen molar-refractivity contribution in [3.05, 3.63) is 54.1 Å². The molecule has 0 aromatic heterocycles. The maximum absolute atomic E-state index is 12.4. The highest BCUT2D eigenvalue weighted by Crippen LogP contribution is 2.31. The summed E-state index contributed by atoms with van der Waals surface area (Å²) >= 11 is 0. The number of nitrogens with zero attached hydrogens (tertiary/aromatic N) is 1. The number of carbonyl (C=O) groups is 2. The van der Waals surface area contributed by atoms with E-state index in [0.29, 0.717) is 24.0 Å². The fraction of sp³-hybridized carbons (Fsp3) is 0.263. The Bertz CT molecular complexity index is 773. The molecule has 124 valence electrons. The van der Waals surface area contributed by atoms with Gasteiger partial charge >= 0.3 is 0 Å². The highest BCUT2D eigenvalue weighted by atomic mass is 16.2. The normalized spacial score (nSPS) is 15.8. The summed E-state index contributed by atoms with van der Waals surface area (Å²) in [5.41, 5.74) is 3.75. The zero-order chi connectivity index (χ0) is 17.1. The molecule has 0 bridgehead atoms. The van der Waals surface area contributed by atoms with E-state index in [1.807, 2.05) is 18.2 Å². The molecular formula is C19H21N3O2. The zero-order valence-electron chi connectivity index (χ0n) is 13.9. The fourth-order valence-corrected chi connectivity index (χ4v) is 3.10. The number of fused-ring (bicyclic) bond motifs is 1. The zero-order valence-corrected chi connectivity index (χ0v) is 13.9. The Kier molecular flexibility index (Phi) is 4.51. The van der Waals surface area contributed by atoms with Crippen molar-refractivity contribution in [3.63, 3.8) is 0 Å². The summed E-state index contributed by atoms with van der Waals surface area (Å²) in [7, 11) is 0. The lowest BCUT2D eigenvalue weighted by atomic mass is 10.1. The Morgan fingerprint density at radius 2 is 1.79 bits per heavy atom. The van der Waals surface area contributed by atoms with Gasteiger partial charge in [-0.3, -0.25) is 9.59 Å². The quantitative estimate of drug-likeness (QED) is 0.909. The number of para-hydroxylation sites is 1. The van der Waals surface area contributed by atoms with Gasteiger partial charge in [0.1, 0.15) is 0 Å². The predicted molar refractivity (Wildman–Crippen MR) is 96.3 cm³/mol. The summed E-state index contributed by atoms with van der Waals surface area (Å²) in [5, 5.41) is 5.61. The van der Waals surface area contributed by atoms with Gasteiger partial charge in [-0.25, -0.2) is 0 Å². The fourth-order valence-electron chi connectivity index (χ4n) is 3.10. The minimum atomic E-state index is -0.138. The van der Waals surface area contributed by atoms with Crippen LogP contribution in [0.5, 0.6) is 0 Å². The molecule has 1 atom stereocenters. The summed E-state index contributed by atoms with van der Waals surface area (Å²) < 4.78 is 0. The molecule has 0 spiro atoms. The van der Waals surface area contributed by atoms with Crippen molar-refractivity contribution < 1.29 is 9.59 Å².